The summed E-state index contributed by atoms with van der Waals surface area (Å²) in [5.74, 6) is 2.01. The van der Waals surface area contributed by atoms with Crippen molar-refractivity contribution in [2.45, 2.75) is 27.3 Å². The Morgan fingerprint density at radius 3 is 2.31 bits per heavy atom. The average Bonchev–Trinajstić information content (AvgIpc) is 2.60. The number of thiol groups is 1. The smallest absolute Gasteiger partial charge is 0.264 e. The molecule has 2 nitrogen and oxygen atoms in total. The molecule has 0 aromatic carbocycles. The van der Waals surface area contributed by atoms with Crippen LogP contribution >= 0.6 is 51.4 Å². The third-order valence-electron chi connectivity index (χ3n) is 1.94. The zero-order valence-electron chi connectivity index (χ0n) is 9.67. The van der Waals surface area contributed by atoms with Crippen molar-refractivity contribution in [3.8, 4) is 0 Å². The SMILES string of the molecule is CCS[P+](S)(SCC)c1csn(CC)c1=O. The largest absolute Gasteiger partial charge is 0.306 e. The molecule has 0 aliphatic heterocycles. The van der Waals surface area contributed by atoms with Gasteiger partial charge in [0.15, 0.2) is 0 Å². The number of aryl methyl sites for hydroxylation is 1. The zero-order valence-corrected chi connectivity index (χ0v) is 13.9. The molecule has 0 radical (unpaired) electrons. The Kier molecular flexibility index (Phi) is 6.30. The number of nitrogens with zero attached hydrogens (tertiary/aromatic N) is 1. The molecule has 1 rings (SSSR count). The molecule has 0 spiro atoms. The molecule has 1 aromatic rings. The molecular formula is C9H17NOPS4+. The van der Waals surface area contributed by atoms with Gasteiger partial charge in [-0.15, -0.1) is 0 Å². The maximum Gasteiger partial charge on any atom is 0.306 e. The van der Waals surface area contributed by atoms with E-state index in [9.17, 15) is 4.79 Å². The van der Waals surface area contributed by atoms with Crippen LogP contribution in [0.15, 0.2) is 10.2 Å². The van der Waals surface area contributed by atoms with Crippen molar-refractivity contribution >= 4 is 56.7 Å². The highest BCUT2D eigenvalue weighted by atomic mass is 33.4. The molecule has 0 saturated heterocycles. The first-order valence-corrected chi connectivity index (χ1v) is 12.1. The zero-order chi connectivity index (χ0) is 12.2. The van der Waals surface area contributed by atoms with E-state index in [-0.39, 0.29) is 5.56 Å². The molecule has 7 heteroatoms. The van der Waals surface area contributed by atoms with E-state index in [0.29, 0.717) is 0 Å². The van der Waals surface area contributed by atoms with Gasteiger partial charge in [-0.25, -0.2) is 0 Å². The molecule has 92 valence electrons. The van der Waals surface area contributed by atoms with Gasteiger partial charge in [0.2, 0.25) is 10.2 Å². The molecule has 0 N–H and O–H groups in total. The van der Waals surface area contributed by atoms with Gasteiger partial charge in [0, 0.05) is 53.1 Å². The summed E-state index contributed by atoms with van der Waals surface area (Å²) >= 11 is 9.98. The van der Waals surface area contributed by atoms with Crippen LogP contribution in [0.25, 0.3) is 0 Å². The van der Waals surface area contributed by atoms with Crippen LogP contribution in [0.5, 0.6) is 0 Å². The Morgan fingerprint density at radius 1 is 1.38 bits per heavy atom. The van der Waals surface area contributed by atoms with Gasteiger partial charge >= 0.3 is 5.56 Å². The Morgan fingerprint density at radius 2 is 1.94 bits per heavy atom. The highest BCUT2D eigenvalue weighted by Crippen LogP contribution is 2.81. The fourth-order valence-corrected chi connectivity index (χ4v) is 13.8. The molecule has 0 aliphatic carbocycles. The lowest BCUT2D eigenvalue weighted by Gasteiger charge is -2.12. The molecule has 16 heavy (non-hydrogen) atoms. The number of aromatic nitrogens is 1. The molecule has 1 aromatic heterocycles. The molecule has 0 atom stereocenters. The molecular weight excluding hydrogens is 297 g/mol. The van der Waals surface area contributed by atoms with E-state index in [1.807, 2.05) is 35.1 Å². The second-order valence-electron chi connectivity index (χ2n) is 2.96. The summed E-state index contributed by atoms with van der Waals surface area (Å²) in [4.78, 5) is 10.5. The predicted octanol–water partition coefficient (Wildman–Crippen LogP) is 3.75. The Bertz CT molecular complexity index is 383. The maximum atomic E-state index is 12.1. The normalized spacial score (nSPS) is 12.0. The minimum Gasteiger partial charge on any atom is -0.264 e. The van der Waals surface area contributed by atoms with E-state index >= 15 is 0 Å². The molecule has 0 saturated carbocycles. The van der Waals surface area contributed by atoms with Gasteiger partial charge in [-0.05, 0) is 6.92 Å². The third kappa shape index (κ3) is 3.22. The van der Waals surface area contributed by atoms with Gasteiger partial charge in [-0.2, -0.15) is 0 Å². The lowest BCUT2D eigenvalue weighted by Crippen LogP contribution is -2.26. The van der Waals surface area contributed by atoms with Crippen LogP contribution in [0.4, 0.5) is 0 Å². The Hall–Kier alpha value is 0.910. The number of hydrogen-bond acceptors (Lipinski definition) is 5. The summed E-state index contributed by atoms with van der Waals surface area (Å²) in [6, 6.07) is 0. The summed E-state index contributed by atoms with van der Waals surface area (Å²) in [6.45, 7) is 7.00. The fourth-order valence-electron chi connectivity index (χ4n) is 1.27. The summed E-state index contributed by atoms with van der Waals surface area (Å²) in [5, 5.41) is 2.93. The molecule has 0 fully saturated rings. The predicted molar refractivity (Wildman–Crippen MR) is 86.1 cm³/mol. The summed E-state index contributed by atoms with van der Waals surface area (Å²) in [5.41, 5.74) is 0.165. The van der Waals surface area contributed by atoms with Crippen molar-refractivity contribution in [2.75, 3.05) is 11.5 Å². The minimum atomic E-state index is -1.65. The highest BCUT2D eigenvalue weighted by Gasteiger charge is 2.43. The fraction of sp³-hybridized carbons (Fsp3) is 0.667. The molecule has 0 bridgehead atoms. The van der Waals surface area contributed by atoms with Crippen LogP contribution in [0.3, 0.4) is 0 Å². The van der Waals surface area contributed by atoms with Gasteiger partial charge < -0.3 is 0 Å². The van der Waals surface area contributed by atoms with Gasteiger partial charge in [-0.1, -0.05) is 25.4 Å². The summed E-state index contributed by atoms with van der Waals surface area (Å²) in [7, 11) is 0. The Balaban J connectivity index is 3.10. The molecule has 0 unspecified atom stereocenters. The minimum absolute atomic E-state index is 0.165. The van der Waals surface area contributed by atoms with Crippen molar-refractivity contribution in [1.82, 2.24) is 3.96 Å². The highest BCUT2D eigenvalue weighted by molar-refractivity contribution is 9.17. The van der Waals surface area contributed by atoms with E-state index in [1.165, 1.54) is 11.5 Å². The van der Waals surface area contributed by atoms with Crippen LogP contribution in [0.2, 0.25) is 0 Å². The number of hydrogen-bond donors (Lipinski definition) is 1. The molecule has 0 aliphatic rings. The van der Waals surface area contributed by atoms with Crippen LogP contribution in [0.1, 0.15) is 20.8 Å². The van der Waals surface area contributed by atoms with E-state index in [2.05, 4.69) is 13.8 Å². The van der Waals surface area contributed by atoms with Gasteiger partial charge in [0.1, 0.15) is 0 Å². The van der Waals surface area contributed by atoms with Crippen molar-refractivity contribution < 1.29 is 0 Å². The lowest BCUT2D eigenvalue weighted by atomic mass is 10.7. The quantitative estimate of drug-likeness (QED) is 0.638. The van der Waals surface area contributed by atoms with Gasteiger partial charge in [0.05, 0.1) is 5.38 Å². The third-order valence-corrected chi connectivity index (χ3v) is 14.7. The summed E-state index contributed by atoms with van der Waals surface area (Å²) < 4.78 is 1.80. The van der Waals surface area contributed by atoms with Crippen molar-refractivity contribution in [3.63, 3.8) is 0 Å². The molecule has 0 amide bonds. The first-order chi connectivity index (χ1) is 7.59. The van der Waals surface area contributed by atoms with E-state index in [4.69, 9.17) is 12.2 Å². The monoisotopic (exact) mass is 314 g/mol. The number of rotatable bonds is 6. The maximum absolute atomic E-state index is 12.1. The van der Waals surface area contributed by atoms with Crippen molar-refractivity contribution in [3.05, 3.63) is 15.7 Å². The molecule has 1 heterocycles. The first kappa shape index (κ1) is 15.0. The van der Waals surface area contributed by atoms with Crippen LogP contribution < -0.4 is 10.9 Å². The van der Waals surface area contributed by atoms with Crippen LogP contribution in [-0.2, 0) is 6.54 Å². The first-order valence-electron chi connectivity index (χ1n) is 5.19. The van der Waals surface area contributed by atoms with E-state index in [0.717, 1.165) is 23.4 Å². The van der Waals surface area contributed by atoms with Crippen LogP contribution in [-0.4, -0.2) is 15.5 Å². The van der Waals surface area contributed by atoms with Crippen LogP contribution in [0, 0.1) is 0 Å². The topological polar surface area (TPSA) is 22.0 Å². The van der Waals surface area contributed by atoms with E-state index < -0.39 is 4.87 Å². The second-order valence-corrected chi connectivity index (χ2v) is 16.0. The lowest BCUT2D eigenvalue weighted by molar-refractivity contribution is 0.813. The van der Waals surface area contributed by atoms with E-state index in [1.54, 1.807) is 3.96 Å². The Labute approximate surface area is 115 Å². The van der Waals surface area contributed by atoms with Crippen molar-refractivity contribution in [2.24, 2.45) is 0 Å². The summed E-state index contributed by atoms with van der Waals surface area (Å²) in [6.07, 6.45) is 0. The average molecular weight is 314 g/mol. The standard InChI is InChI=1S/C9H17NOPS4/c1-4-10-9(11)8(7-14-10)12(13,15-5-2)16-6-3/h7,13H,4-6H2,1-3H3/q+1. The van der Waals surface area contributed by atoms with Gasteiger partial charge in [-0.3, -0.25) is 8.75 Å². The van der Waals surface area contributed by atoms with Gasteiger partial charge in [0.25, 0.3) is 0 Å². The van der Waals surface area contributed by atoms with Crippen molar-refractivity contribution in [1.29, 1.82) is 0 Å². The second kappa shape index (κ2) is 6.74.